The number of hydrogen-bond donors (Lipinski definition) is 0. The topological polar surface area (TPSA) is 50.1 Å². The van der Waals surface area contributed by atoms with Crippen molar-refractivity contribution in [3.63, 3.8) is 0 Å². The first-order valence-corrected chi connectivity index (χ1v) is 19.6. The molecule has 272 valence electrons. The molecule has 2 aliphatic heterocycles. The summed E-state index contributed by atoms with van der Waals surface area (Å²) in [5.41, 5.74) is 10.0. The zero-order valence-electron chi connectivity index (χ0n) is 31.4. The van der Waals surface area contributed by atoms with Gasteiger partial charge in [-0.1, -0.05) is 127 Å². The fourth-order valence-electron chi connectivity index (χ4n) is 9.32. The molecule has 10 aromatic rings. The lowest BCUT2D eigenvalue weighted by molar-refractivity contribution is 0.547. The van der Waals surface area contributed by atoms with Gasteiger partial charge in [0.15, 0.2) is 5.82 Å². The van der Waals surface area contributed by atoms with Crippen LogP contribution in [0.25, 0.3) is 82.3 Å². The second kappa shape index (κ2) is 12.9. The first-order chi connectivity index (χ1) is 28.8. The SMILES string of the molecule is C1=CCN2C(=C1)N(c1ccccc1)C(c1ncncn1)=C2c1c2ccccc2c(-c2ccc3ccccc3c2)c2cc3c(cc12)c1ccccc1n3-c1ccccc1. The van der Waals surface area contributed by atoms with Crippen molar-refractivity contribution in [2.75, 3.05) is 11.4 Å². The Balaban J connectivity index is 1.30. The van der Waals surface area contributed by atoms with Gasteiger partial charge in [-0.25, -0.2) is 15.0 Å². The molecule has 4 heterocycles. The van der Waals surface area contributed by atoms with Crippen LogP contribution in [-0.2, 0) is 0 Å². The van der Waals surface area contributed by atoms with E-state index in [0.717, 1.165) is 50.4 Å². The number of nitrogens with zero attached hydrogens (tertiary/aromatic N) is 6. The van der Waals surface area contributed by atoms with Crippen molar-refractivity contribution in [1.82, 2.24) is 24.4 Å². The Kier molecular flexibility index (Phi) is 7.19. The molecule has 0 atom stereocenters. The summed E-state index contributed by atoms with van der Waals surface area (Å²) in [6.07, 6.45) is 9.77. The molecular weight excluding hydrogens is 709 g/mol. The van der Waals surface area contributed by atoms with E-state index in [1.165, 1.54) is 49.0 Å². The molecule has 8 aromatic carbocycles. The van der Waals surface area contributed by atoms with Crippen LogP contribution >= 0.6 is 0 Å². The lowest BCUT2D eigenvalue weighted by Gasteiger charge is -2.29. The highest BCUT2D eigenvalue weighted by atomic mass is 15.4. The summed E-state index contributed by atoms with van der Waals surface area (Å²) in [5, 5.41) is 9.52. The predicted molar refractivity (Wildman–Crippen MR) is 238 cm³/mol. The maximum absolute atomic E-state index is 4.85. The van der Waals surface area contributed by atoms with E-state index in [1.54, 1.807) is 12.7 Å². The van der Waals surface area contributed by atoms with Gasteiger partial charge in [-0.3, -0.25) is 4.90 Å². The standard InChI is InChI=1S/C52H34N6/c1-3-17-37(18-4-1)57-45-24-12-11-21-39(45)42-30-43-44(31-46(42)57)48(36-27-26-34-15-7-8-16-35(34)29-36)40-22-9-10-23-41(40)49(43)50-51(52-54-32-53-33-55-52)58(38-19-5-2-6-20-38)47-25-13-14-28-56(47)50/h1-27,29-33H,28H2. The minimum atomic E-state index is 0.613. The number of rotatable bonds is 5. The molecule has 2 aliphatic rings. The summed E-state index contributed by atoms with van der Waals surface area (Å²) in [6.45, 7) is 0.691. The summed E-state index contributed by atoms with van der Waals surface area (Å²) in [4.78, 5) is 18.7. The minimum Gasteiger partial charge on any atom is -0.321 e. The number of hydrogen-bond acceptors (Lipinski definition) is 5. The molecule has 0 spiro atoms. The monoisotopic (exact) mass is 742 g/mol. The lowest BCUT2D eigenvalue weighted by Crippen LogP contribution is -2.27. The van der Waals surface area contributed by atoms with Gasteiger partial charge in [-0.15, -0.1) is 0 Å². The number of para-hydroxylation sites is 3. The summed E-state index contributed by atoms with van der Waals surface area (Å²) in [7, 11) is 0. The third kappa shape index (κ3) is 4.82. The second-order valence-corrected chi connectivity index (χ2v) is 14.9. The summed E-state index contributed by atoms with van der Waals surface area (Å²) >= 11 is 0. The minimum absolute atomic E-state index is 0.613. The average molecular weight is 743 g/mol. The van der Waals surface area contributed by atoms with Gasteiger partial charge in [-0.2, -0.15) is 0 Å². The molecule has 0 aliphatic carbocycles. The van der Waals surface area contributed by atoms with Crippen LogP contribution in [-0.4, -0.2) is 31.0 Å². The lowest BCUT2D eigenvalue weighted by atomic mass is 9.85. The molecule has 0 saturated heterocycles. The fraction of sp³-hybridized carbons (Fsp3) is 0.0192. The molecule has 0 radical (unpaired) electrons. The highest BCUT2D eigenvalue weighted by molar-refractivity contribution is 6.25. The molecule has 0 saturated carbocycles. The number of aromatic nitrogens is 4. The van der Waals surface area contributed by atoms with Crippen molar-refractivity contribution in [1.29, 1.82) is 0 Å². The summed E-state index contributed by atoms with van der Waals surface area (Å²) in [6, 6.07) is 59.4. The van der Waals surface area contributed by atoms with Crippen molar-refractivity contribution >= 4 is 71.2 Å². The molecule has 0 amide bonds. The van der Waals surface area contributed by atoms with E-state index in [2.05, 4.69) is 201 Å². The predicted octanol–water partition coefficient (Wildman–Crippen LogP) is 12.2. The largest absolute Gasteiger partial charge is 0.321 e. The zero-order valence-corrected chi connectivity index (χ0v) is 31.4. The van der Waals surface area contributed by atoms with Gasteiger partial charge in [0.05, 0.1) is 16.7 Å². The van der Waals surface area contributed by atoms with Gasteiger partial charge in [0.1, 0.15) is 24.2 Å². The third-order valence-electron chi connectivity index (χ3n) is 11.7. The summed E-state index contributed by atoms with van der Waals surface area (Å²) < 4.78 is 2.42. The Morgan fingerprint density at radius 3 is 1.91 bits per heavy atom. The van der Waals surface area contributed by atoms with Gasteiger partial charge in [0.2, 0.25) is 0 Å². The van der Waals surface area contributed by atoms with Crippen LogP contribution in [0.1, 0.15) is 11.4 Å². The van der Waals surface area contributed by atoms with Crippen molar-refractivity contribution < 1.29 is 0 Å². The smallest absolute Gasteiger partial charge is 0.181 e. The summed E-state index contributed by atoms with van der Waals surface area (Å²) in [5.74, 6) is 1.67. The van der Waals surface area contributed by atoms with Crippen molar-refractivity contribution in [3.05, 3.63) is 212 Å². The quantitative estimate of drug-likeness (QED) is 0.164. The van der Waals surface area contributed by atoms with Crippen molar-refractivity contribution in [3.8, 4) is 16.8 Å². The van der Waals surface area contributed by atoms with Gasteiger partial charge in [0.25, 0.3) is 0 Å². The van der Waals surface area contributed by atoms with E-state index in [9.17, 15) is 0 Å². The maximum atomic E-state index is 4.85. The zero-order chi connectivity index (χ0) is 38.2. The van der Waals surface area contributed by atoms with E-state index in [-0.39, 0.29) is 0 Å². The highest BCUT2D eigenvalue weighted by Crippen LogP contribution is 2.52. The van der Waals surface area contributed by atoms with Gasteiger partial charge in [-0.05, 0) is 98.1 Å². The average Bonchev–Trinajstić information content (AvgIpc) is 3.81. The Bertz CT molecular complexity index is 3360. The molecule has 12 rings (SSSR count). The number of benzene rings is 8. The normalized spacial score (nSPS) is 14.0. The van der Waals surface area contributed by atoms with E-state index in [0.29, 0.717) is 12.4 Å². The van der Waals surface area contributed by atoms with Crippen LogP contribution < -0.4 is 4.90 Å². The van der Waals surface area contributed by atoms with E-state index in [1.807, 2.05) is 0 Å². The number of fused-ring (bicyclic) bond motifs is 7. The molecule has 6 heteroatoms. The first-order valence-electron chi connectivity index (χ1n) is 19.6. The fourth-order valence-corrected chi connectivity index (χ4v) is 9.32. The van der Waals surface area contributed by atoms with E-state index < -0.39 is 0 Å². The van der Waals surface area contributed by atoms with E-state index >= 15 is 0 Å². The molecular formula is C52H34N6. The van der Waals surface area contributed by atoms with Crippen LogP contribution in [0.5, 0.6) is 0 Å². The van der Waals surface area contributed by atoms with Crippen molar-refractivity contribution in [2.45, 2.75) is 0 Å². The molecule has 0 N–H and O–H groups in total. The molecule has 58 heavy (non-hydrogen) atoms. The Morgan fingerprint density at radius 2 is 1.12 bits per heavy atom. The van der Waals surface area contributed by atoms with Crippen LogP contribution in [0.2, 0.25) is 0 Å². The highest BCUT2D eigenvalue weighted by Gasteiger charge is 2.40. The number of allylic oxidation sites excluding steroid dienone is 2. The molecule has 0 fully saturated rings. The number of anilines is 1. The molecule has 0 unspecified atom stereocenters. The van der Waals surface area contributed by atoms with Crippen LogP contribution in [0.15, 0.2) is 200 Å². The van der Waals surface area contributed by atoms with Crippen LogP contribution in [0, 0.1) is 0 Å². The Morgan fingerprint density at radius 1 is 0.466 bits per heavy atom. The molecule has 6 nitrogen and oxygen atoms in total. The Labute approximate surface area is 334 Å². The Hall–Kier alpha value is -7.83. The van der Waals surface area contributed by atoms with Crippen LogP contribution in [0.4, 0.5) is 5.69 Å². The first kappa shape index (κ1) is 32.4. The van der Waals surface area contributed by atoms with Crippen molar-refractivity contribution in [2.24, 2.45) is 0 Å². The third-order valence-corrected chi connectivity index (χ3v) is 11.7. The van der Waals surface area contributed by atoms with Gasteiger partial charge in [0, 0.05) is 34.3 Å². The second-order valence-electron chi connectivity index (χ2n) is 14.9. The van der Waals surface area contributed by atoms with Crippen LogP contribution in [0.3, 0.4) is 0 Å². The van der Waals surface area contributed by atoms with E-state index in [4.69, 9.17) is 9.97 Å². The maximum Gasteiger partial charge on any atom is 0.181 e. The van der Waals surface area contributed by atoms with Gasteiger partial charge >= 0.3 is 0 Å². The molecule has 2 aromatic heterocycles. The molecule has 0 bridgehead atoms. The van der Waals surface area contributed by atoms with Gasteiger partial charge < -0.3 is 9.47 Å².